The highest BCUT2D eigenvalue weighted by atomic mass is 35.5. The van der Waals surface area contributed by atoms with Crippen LogP contribution in [0.2, 0.25) is 5.02 Å². The molecule has 0 bridgehead atoms. The fourth-order valence-electron chi connectivity index (χ4n) is 6.76. The Bertz CT molecular complexity index is 1790. The number of carbonyl (C=O) groups excluding carboxylic acids is 3. The standard InChI is InChI=1S/C39H49ClN6O3S/c1-45-25-29(31-12-4-5-14-33(31)45)21-34-38(48)44-24-28-20-30(40)16-17-37(28)50-36-15-6-3-11-27(36)23-43-32(13-9-19-42)35(47)22-26(10-7-8-18-41)39(49)46(34)2/h3-6,11-12,14-17,20,25-26,32,34,43H,7-10,13,18-19,21-24,41-42H2,1-2H3,(H,44,48)/t26-,32+,34+/m1/s1. The van der Waals surface area contributed by atoms with Crippen molar-refractivity contribution in [3.8, 4) is 0 Å². The van der Waals surface area contributed by atoms with Gasteiger partial charge in [-0.1, -0.05) is 66.2 Å². The number of para-hydroxylation sites is 1. The third kappa shape index (κ3) is 9.35. The maximum atomic E-state index is 14.5. The average Bonchev–Trinajstić information content (AvgIpc) is 3.44. The van der Waals surface area contributed by atoms with Gasteiger partial charge in [0.1, 0.15) is 6.04 Å². The molecule has 50 heavy (non-hydrogen) atoms. The number of fused-ring (bicyclic) bond motifs is 3. The summed E-state index contributed by atoms with van der Waals surface area (Å²) < 4.78 is 2.04. The van der Waals surface area contributed by atoms with E-state index >= 15 is 0 Å². The van der Waals surface area contributed by atoms with Crippen molar-refractivity contribution in [1.82, 2.24) is 20.1 Å². The Morgan fingerprint density at radius 3 is 2.40 bits per heavy atom. The van der Waals surface area contributed by atoms with Crippen LogP contribution in [0.5, 0.6) is 0 Å². The highest BCUT2D eigenvalue weighted by molar-refractivity contribution is 7.99. The number of likely N-dealkylation sites (N-methyl/N-ethyl adjacent to an activating group) is 1. The van der Waals surface area contributed by atoms with E-state index < -0.39 is 18.0 Å². The third-order valence-electron chi connectivity index (χ3n) is 9.61. The molecule has 0 fully saturated rings. The molecule has 0 radical (unpaired) electrons. The zero-order chi connectivity index (χ0) is 35.6. The lowest BCUT2D eigenvalue weighted by Gasteiger charge is -2.31. The first kappa shape index (κ1) is 37.6. The number of halogens is 1. The number of ketones is 1. The van der Waals surface area contributed by atoms with Crippen molar-refractivity contribution in [3.63, 3.8) is 0 Å². The van der Waals surface area contributed by atoms with Gasteiger partial charge in [0.25, 0.3) is 0 Å². The first-order chi connectivity index (χ1) is 24.2. The van der Waals surface area contributed by atoms with Crippen molar-refractivity contribution in [2.45, 2.75) is 79.9 Å². The Morgan fingerprint density at radius 2 is 1.60 bits per heavy atom. The molecule has 1 aliphatic rings. The highest BCUT2D eigenvalue weighted by Gasteiger charge is 2.34. The lowest BCUT2D eigenvalue weighted by atomic mass is 9.90. The second kappa shape index (κ2) is 18.0. The van der Waals surface area contributed by atoms with Crippen LogP contribution >= 0.6 is 23.4 Å². The van der Waals surface area contributed by atoms with Crippen molar-refractivity contribution in [3.05, 3.63) is 94.6 Å². The van der Waals surface area contributed by atoms with Gasteiger partial charge in [-0.05, 0) is 85.8 Å². The number of Topliss-reactive ketones (excluding diaryl/α,β-unsaturated/α-hetero) is 1. The van der Waals surface area contributed by atoms with Crippen LogP contribution in [0, 0.1) is 5.92 Å². The minimum absolute atomic E-state index is 0.0255. The zero-order valence-corrected chi connectivity index (χ0v) is 30.6. The molecule has 11 heteroatoms. The summed E-state index contributed by atoms with van der Waals surface area (Å²) >= 11 is 8.08. The van der Waals surface area contributed by atoms with Crippen LogP contribution in [0.15, 0.2) is 82.7 Å². The molecule has 4 aromatic rings. The molecular weight excluding hydrogens is 668 g/mol. The molecule has 2 amide bonds. The van der Waals surface area contributed by atoms with Crippen LogP contribution in [-0.2, 0) is 40.9 Å². The smallest absolute Gasteiger partial charge is 0.243 e. The van der Waals surface area contributed by atoms with Crippen LogP contribution in [0.1, 0.15) is 55.2 Å². The summed E-state index contributed by atoms with van der Waals surface area (Å²) in [6.45, 7) is 1.67. The fourth-order valence-corrected chi connectivity index (χ4v) is 8.01. The van der Waals surface area contributed by atoms with E-state index in [1.165, 1.54) is 0 Å². The van der Waals surface area contributed by atoms with Crippen LogP contribution < -0.4 is 22.1 Å². The number of nitrogens with one attached hydrogen (secondary N) is 2. The Hall–Kier alpha value is -3.67. The summed E-state index contributed by atoms with van der Waals surface area (Å²) in [5.74, 6) is -1.12. The van der Waals surface area contributed by atoms with E-state index in [0.717, 1.165) is 43.8 Å². The summed E-state index contributed by atoms with van der Waals surface area (Å²) in [6.07, 6.45) is 5.60. The number of carbonyl (C=O) groups is 3. The second-order valence-corrected chi connectivity index (χ2v) is 14.7. The molecule has 266 valence electrons. The molecule has 9 nitrogen and oxygen atoms in total. The van der Waals surface area contributed by atoms with Gasteiger partial charge >= 0.3 is 0 Å². The molecule has 0 aliphatic carbocycles. The number of unbranched alkanes of at least 4 members (excludes halogenated alkanes) is 1. The van der Waals surface area contributed by atoms with Crippen molar-refractivity contribution in [2.75, 3.05) is 20.1 Å². The van der Waals surface area contributed by atoms with Gasteiger partial charge < -0.3 is 31.6 Å². The second-order valence-electron chi connectivity index (χ2n) is 13.1. The van der Waals surface area contributed by atoms with E-state index in [1.807, 2.05) is 72.4 Å². The number of nitrogens with zero attached hydrogens (tertiary/aromatic N) is 2. The molecule has 3 aromatic carbocycles. The largest absolute Gasteiger partial charge is 0.350 e. The SMILES string of the molecule is CN1C(=O)[C@H](CCCCN)CC(=O)[C@H](CCCN)NCc2ccccc2Sc2ccc(Cl)cc2CNC(=O)[C@@H]1Cc1cn(C)c2ccccc12. The van der Waals surface area contributed by atoms with Crippen LogP contribution in [0.3, 0.4) is 0 Å². The molecule has 3 atom stereocenters. The quantitative estimate of drug-likeness (QED) is 0.166. The van der Waals surface area contributed by atoms with E-state index in [4.69, 9.17) is 23.1 Å². The molecule has 0 unspecified atom stereocenters. The zero-order valence-electron chi connectivity index (χ0n) is 29.0. The average molecular weight is 717 g/mol. The number of hydrogen-bond acceptors (Lipinski definition) is 7. The van der Waals surface area contributed by atoms with Crippen molar-refractivity contribution < 1.29 is 14.4 Å². The number of aryl methyl sites for hydroxylation is 1. The van der Waals surface area contributed by atoms with Gasteiger partial charge in [-0.3, -0.25) is 14.4 Å². The number of rotatable bonds is 9. The van der Waals surface area contributed by atoms with Crippen LogP contribution in [0.25, 0.3) is 10.9 Å². The topological polar surface area (TPSA) is 135 Å². The van der Waals surface area contributed by atoms with Gasteiger partial charge in [0.15, 0.2) is 5.78 Å². The summed E-state index contributed by atoms with van der Waals surface area (Å²) in [5.41, 5.74) is 15.6. The predicted octanol–water partition coefficient (Wildman–Crippen LogP) is 5.58. The van der Waals surface area contributed by atoms with Gasteiger partial charge in [-0.2, -0.15) is 0 Å². The summed E-state index contributed by atoms with van der Waals surface area (Å²) in [6, 6.07) is 20.5. The van der Waals surface area contributed by atoms with Gasteiger partial charge in [-0.15, -0.1) is 0 Å². The van der Waals surface area contributed by atoms with Gasteiger partial charge in [0.2, 0.25) is 11.8 Å². The number of benzene rings is 3. The lowest BCUT2D eigenvalue weighted by molar-refractivity contribution is -0.143. The predicted molar refractivity (Wildman–Crippen MR) is 202 cm³/mol. The normalized spacial score (nSPS) is 19.6. The number of aromatic nitrogens is 1. The molecule has 1 aliphatic heterocycles. The Labute approximate surface area is 304 Å². The maximum absolute atomic E-state index is 14.5. The molecule has 0 saturated carbocycles. The third-order valence-corrected chi connectivity index (χ3v) is 11.1. The molecule has 0 spiro atoms. The van der Waals surface area contributed by atoms with E-state index in [1.54, 1.807) is 23.7 Å². The summed E-state index contributed by atoms with van der Waals surface area (Å²) in [7, 11) is 3.67. The molecule has 0 saturated heterocycles. The van der Waals surface area contributed by atoms with E-state index in [0.29, 0.717) is 56.8 Å². The minimum atomic E-state index is -0.821. The van der Waals surface area contributed by atoms with Gasteiger partial charge in [0.05, 0.1) is 6.04 Å². The van der Waals surface area contributed by atoms with Crippen molar-refractivity contribution in [2.24, 2.45) is 24.4 Å². The van der Waals surface area contributed by atoms with E-state index in [2.05, 4.69) is 22.8 Å². The number of hydrogen-bond donors (Lipinski definition) is 4. The molecule has 5 rings (SSSR count). The molecule has 1 aromatic heterocycles. The Kier molecular flexibility index (Phi) is 13.5. The first-order valence-corrected chi connectivity index (χ1v) is 18.7. The fraction of sp³-hybridized carbons (Fsp3) is 0.410. The lowest BCUT2D eigenvalue weighted by Crippen LogP contribution is -2.51. The van der Waals surface area contributed by atoms with E-state index in [9.17, 15) is 14.4 Å². The monoisotopic (exact) mass is 716 g/mol. The molecule has 6 N–H and O–H groups in total. The van der Waals surface area contributed by atoms with Crippen molar-refractivity contribution >= 4 is 51.9 Å². The maximum Gasteiger partial charge on any atom is 0.243 e. The molecule has 2 heterocycles. The van der Waals surface area contributed by atoms with Crippen molar-refractivity contribution in [1.29, 1.82) is 0 Å². The number of nitrogens with two attached hydrogens (primary N) is 2. The Morgan fingerprint density at radius 1 is 0.860 bits per heavy atom. The summed E-state index contributed by atoms with van der Waals surface area (Å²) in [5, 5.41) is 8.26. The minimum Gasteiger partial charge on any atom is -0.350 e. The molecular formula is C39H49ClN6O3S. The van der Waals surface area contributed by atoms with Gasteiger partial charge in [-0.25, -0.2) is 0 Å². The summed E-state index contributed by atoms with van der Waals surface area (Å²) in [4.78, 5) is 46.4. The van der Waals surface area contributed by atoms with E-state index in [-0.39, 0.29) is 30.6 Å². The first-order valence-electron chi connectivity index (χ1n) is 17.5. The Balaban J connectivity index is 1.56. The number of amides is 2. The van der Waals surface area contributed by atoms with Crippen LogP contribution in [-0.4, -0.2) is 59.3 Å². The van der Waals surface area contributed by atoms with Gasteiger partial charge in [0, 0.05) is 77.9 Å². The highest BCUT2D eigenvalue weighted by Crippen LogP contribution is 2.35. The van der Waals surface area contributed by atoms with Crippen LogP contribution in [0.4, 0.5) is 0 Å².